The van der Waals surface area contributed by atoms with Crippen molar-refractivity contribution in [2.45, 2.75) is 51.4 Å². The Morgan fingerprint density at radius 2 is 1.41 bits per heavy atom. The Kier molecular flexibility index (Phi) is 8.90. The summed E-state index contributed by atoms with van der Waals surface area (Å²) in [6, 6.07) is 8.15. The van der Waals surface area contributed by atoms with E-state index in [9.17, 15) is 4.79 Å². The third-order valence-electron chi connectivity index (χ3n) is 2.40. The van der Waals surface area contributed by atoms with E-state index in [1.54, 1.807) is 0 Å². The first kappa shape index (κ1) is 19.3. The number of rotatable bonds is 6. The number of carbonyl (C=O) groups excluding carboxylic acids is 1. The minimum atomic E-state index is -0.231. The van der Waals surface area contributed by atoms with E-state index >= 15 is 0 Å². The van der Waals surface area contributed by atoms with Crippen LogP contribution in [0.4, 0.5) is 4.79 Å². The van der Waals surface area contributed by atoms with Crippen molar-refractivity contribution in [3.05, 3.63) is 35.4 Å². The molecule has 0 aliphatic heterocycles. The third kappa shape index (κ3) is 8.66. The van der Waals surface area contributed by atoms with Crippen molar-refractivity contribution >= 4 is 45.4 Å². The van der Waals surface area contributed by atoms with Crippen molar-refractivity contribution < 1.29 is 14.3 Å². The summed E-state index contributed by atoms with van der Waals surface area (Å²) >= 11 is 7.85. The summed E-state index contributed by atoms with van der Waals surface area (Å²) in [5, 5.41) is -0.231. The first-order valence-corrected chi connectivity index (χ1v) is 9.49. The number of hydrogen-bond acceptors (Lipinski definition) is 6. The minimum Gasteiger partial charge on any atom is -0.476 e. The van der Waals surface area contributed by atoms with Gasteiger partial charge in [-0.05, 0) is 62.8 Å². The van der Waals surface area contributed by atoms with E-state index in [1.165, 1.54) is 29.1 Å². The van der Waals surface area contributed by atoms with Crippen molar-refractivity contribution in [1.82, 2.24) is 0 Å². The van der Waals surface area contributed by atoms with Crippen molar-refractivity contribution in [3.63, 3.8) is 0 Å². The average molecular weight is 359 g/mol. The summed E-state index contributed by atoms with van der Waals surface area (Å²) in [6.07, 6.45) is 0.0429. The average Bonchev–Trinajstić information content (AvgIpc) is 2.42. The Labute approximate surface area is 146 Å². The zero-order chi connectivity index (χ0) is 16.5. The largest absolute Gasteiger partial charge is 0.476 e. The molecule has 122 valence electrons. The van der Waals surface area contributed by atoms with Gasteiger partial charge in [0.15, 0.2) is 0 Å². The fraction of sp³-hybridized carbons (Fsp3) is 0.500. The first-order chi connectivity index (χ1) is 10.4. The Morgan fingerprint density at radius 3 is 1.86 bits per heavy atom. The molecule has 0 radical (unpaired) electrons. The molecule has 0 saturated carbocycles. The molecule has 6 heteroatoms. The van der Waals surface area contributed by atoms with E-state index < -0.39 is 0 Å². The van der Waals surface area contributed by atoms with Gasteiger partial charge in [-0.1, -0.05) is 36.0 Å². The van der Waals surface area contributed by atoms with Gasteiger partial charge in [-0.2, -0.15) is 0 Å². The van der Waals surface area contributed by atoms with Crippen LogP contribution >= 0.6 is 35.7 Å². The molecule has 0 atom stereocenters. The fourth-order valence-electron chi connectivity index (χ4n) is 1.47. The van der Waals surface area contributed by atoms with Crippen LogP contribution in [-0.2, 0) is 21.0 Å². The van der Waals surface area contributed by atoms with E-state index in [0.29, 0.717) is 10.1 Å². The van der Waals surface area contributed by atoms with Gasteiger partial charge in [-0.3, -0.25) is 0 Å². The molecule has 0 N–H and O–H groups in total. The molecule has 0 aliphatic rings. The van der Waals surface area contributed by atoms with Crippen molar-refractivity contribution in [3.8, 4) is 0 Å². The zero-order valence-electron chi connectivity index (χ0n) is 13.3. The maximum absolute atomic E-state index is 11.5. The number of carbonyl (C=O) groups is 1. The van der Waals surface area contributed by atoms with Gasteiger partial charge in [0.1, 0.15) is 0 Å². The molecule has 0 fully saturated rings. The summed E-state index contributed by atoms with van der Waals surface area (Å²) in [6.45, 7) is 7.62. The molecule has 1 aromatic rings. The molecule has 0 saturated heterocycles. The van der Waals surface area contributed by atoms with E-state index in [0.717, 1.165) is 11.3 Å². The molecule has 1 aromatic carbocycles. The predicted molar refractivity (Wildman–Crippen MR) is 99.5 cm³/mol. The maximum atomic E-state index is 11.5. The van der Waals surface area contributed by atoms with Gasteiger partial charge in [-0.25, -0.2) is 4.79 Å². The second kappa shape index (κ2) is 10.1. The second-order valence-corrected chi connectivity index (χ2v) is 7.72. The molecular formula is C16H22O3S3. The van der Waals surface area contributed by atoms with Crippen molar-refractivity contribution in [2.24, 2.45) is 0 Å². The lowest BCUT2D eigenvalue weighted by molar-refractivity contribution is 0.142. The number of benzene rings is 1. The van der Waals surface area contributed by atoms with Crippen molar-refractivity contribution in [2.75, 3.05) is 0 Å². The van der Waals surface area contributed by atoms with Gasteiger partial charge in [0.2, 0.25) is 4.38 Å². The Hall–Kier alpha value is -0.720. The third-order valence-corrected chi connectivity index (χ3v) is 4.47. The number of thiocarbonyl (C=S) groups is 1. The number of ether oxygens (including phenoxy) is 2. The molecule has 0 unspecified atom stereocenters. The van der Waals surface area contributed by atoms with Gasteiger partial charge < -0.3 is 9.47 Å². The Morgan fingerprint density at radius 1 is 0.955 bits per heavy atom. The predicted octanol–water partition coefficient (Wildman–Crippen LogP) is 5.41. The monoisotopic (exact) mass is 358 g/mol. The lowest BCUT2D eigenvalue weighted by atomic mass is 10.2. The zero-order valence-corrected chi connectivity index (χ0v) is 15.8. The van der Waals surface area contributed by atoms with Crippen LogP contribution in [0.5, 0.6) is 0 Å². The topological polar surface area (TPSA) is 35.5 Å². The van der Waals surface area contributed by atoms with Gasteiger partial charge >= 0.3 is 5.30 Å². The van der Waals surface area contributed by atoms with E-state index in [-0.39, 0.29) is 17.5 Å². The summed E-state index contributed by atoms with van der Waals surface area (Å²) in [7, 11) is 0. The second-order valence-electron chi connectivity index (χ2n) is 5.23. The van der Waals surface area contributed by atoms with E-state index in [2.05, 4.69) is 12.1 Å². The van der Waals surface area contributed by atoms with Gasteiger partial charge in [0.05, 0.1) is 12.2 Å². The van der Waals surface area contributed by atoms with Crippen LogP contribution in [0, 0.1) is 0 Å². The molecular weight excluding hydrogens is 336 g/mol. The normalized spacial score (nSPS) is 10.8. The molecule has 0 aromatic heterocycles. The molecule has 1 rings (SSSR count). The molecule has 22 heavy (non-hydrogen) atoms. The lowest BCUT2D eigenvalue weighted by Crippen LogP contribution is -2.06. The highest BCUT2D eigenvalue weighted by molar-refractivity contribution is 8.22. The quantitative estimate of drug-likeness (QED) is 0.500. The molecule has 0 spiro atoms. The van der Waals surface area contributed by atoms with Crippen molar-refractivity contribution in [1.29, 1.82) is 0 Å². The fourth-order valence-corrected chi connectivity index (χ4v) is 3.31. The highest BCUT2D eigenvalue weighted by atomic mass is 32.2. The minimum absolute atomic E-state index is 0.0729. The summed E-state index contributed by atoms with van der Waals surface area (Å²) < 4.78 is 11.1. The van der Waals surface area contributed by atoms with Gasteiger partial charge in [0, 0.05) is 11.5 Å². The SMILES string of the molecule is CC(C)OC(=O)SCc1ccc(CSC(=S)OC(C)C)cc1. The maximum Gasteiger partial charge on any atom is 0.367 e. The summed E-state index contributed by atoms with van der Waals surface area (Å²) in [4.78, 5) is 11.5. The van der Waals surface area contributed by atoms with Crippen LogP contribution < -0.4 is 0 Å². The first-order valence-electron chi connectivity index (χ1n) is 7.11. The summed E-state index contributed by atoms with van der Waals surface area (Å²) in [5.41, 5.74) is 2.28. The molecule has 0 bridgehead atoms. The highest BCUT2D eigenvalue weighted by Crippen LogP contribution is 2.19. The smallest absolute Gasteiger partial charge is 0.367 e. The Bertz CT molecular complexity index is 439. The summed E-state index contributed by atoms with van der Waals surface area (Å²) in [5.74, 6) is 1.40. The Balaban J connectivity index is 2.36. The lowest BCUT2D eigenvalue weighted by Gasteiger charge is -2.10. The van der Waals surface area contributed by atoms with Crippen LogP contribution in [0.25, 0.3) is 0 Å². The molecule has 0 aliphatic carbocycles. The van der Waals surface area contributed by atoms with Crippen LogP contribution in [0.15, 0.2) is 24.3 Å². The number of hydrogen-bond donors (Lipinski definition) is 0. The number of thioether (sulfide) groups is 2. The highest BCUT2D eigenvalue weighted by Gasteiger charge is 2.07. The van der Waals surface area contributed by atoms with Crippen LogP contribution in [0.2, 0.25) is 0 Å². The van der Waals surface area contributed by atoms with Gasteiger partial charge in [-0.15, -0.1) is 0 Å². The van der Waals surface area contributed by atoms with Crippen LogP contribution in [0.1, 0.15) is 38.8 Å². The molecule has 0 amide bonds. The van der Waals surface area contributed by atoms with Crippen LogP contribution in [-0.4, -0.2) is 21.9 Å². The van der Waals surface area contributed by atoms with E-state index in [4.69, 9.17) is 21.7 Å². The standard InChI is InChI=1S/C16H22O3S3/c1-11(2)18-15(17)21-9-13-5-7-14(8-6-13)10-22-16(20)19-12(3)4/h5-8,11-12H,9-10H2,1-4H3. The van der Waals surface area contributed by atoms with Crippen LogP contribution in [0.3, 0.4) is 0 Å². The molecule has 3 nitrogen and oxygen atoms in total. The van der Waals surface area contributed by atoms with E-state index in [1.807, 2.05) is 39.8 Å². The van der Waals surface area contributed by atoms with Gasteiger partial charge in [0.25, 0.3) is 0 Å². The molecule has 0 heterocycles.